The Morgan fingerprint density at radius 2 is 1.54 bits per heavy atom. The molecule has 5 atom stereocenters. The highest BCUT2D eigenvalue weighted by Crippen LogP contribution is 2.48. The first-order chi connectivity index (χ1) is 18.0. The second kappa shape index (κ2) is 11.1. The summed E-state index contributed by atoms with van der Waals surface area (Å²) < 4.78 is 44.9. The molecule has 7 nitrogen and oxygen atoms in total. The van der Waals surface area contributed by atoms with Gasteiger partial charge in [-0.25, -0.2) is 0 Å². The lowest BCUT2D eigenvalue weighted by molar-refractivity contribution is -0.263. The molecule has 0 radical (unpaired) electrons. The molecule has 2 spiro atoms. The third-order valence-corrected chi connectivity index (χ3v) is 8.69. The first-order valence-electron chi connectivity index (χ1n) is 14.7. The summed E-state index contributed by atoms with van der Waals surface area (Å²) in [4.78, 5) is 0. The Balaban J connectivity index is 1.12. The predicted octanol–water partition coefficient (Wildman–Crippen LogP) is 5.87. The average molecular weight is 517 g/mol. The fraction of sp³-hybridized carbons (Fsp3) is 0.800. The maximum Gasteiger partial charge on any atom is 0.190 e. The third kappa shape index (κ3) is 5.73. The molecule has 3 heterocycles. The van der Waals surface area contributed by atoms with E-state index in [-0.39, 0.29) is 24.4 Å². The maximum absolute atomic E-state index is 6.64. The highest BCUT2D eigenvalue weighted by atomic mass is 16.9. The van der Waals surface area contributed by atoms with Gasteiger partial charge in [-0.3, -0.25) is 0 Å². The molecule has 0 amide bonds. The Morgan fingerprint density at radius 1 is 0.838 bits per heavy atom. The van der Waals surface area contributed by atoms with E-state index in [2.05, 4.69) is 26.0 Å². The van der Waals surface area contributed by atoms with Gasteiger partial charge < -0.3 is 33.2 Å². The minimum absolute atomic E-state index is 0.181. The molecule has 5 aliphatic rings. The van der Waals surface area contributed by atoms with Crippen LogP contribution in [0.4, 0.5) is 0 Å². The largest absolute Gasteiger partial charge is 0.494 e. The van der Waals surface area contributed by atoms with E-state index in [4.69, 9.17) is 33.2 Å². The van der Waals surface area contributed by atoms with E-state index in [0.29, 0.717) is 19.1 Å². The summed E-state index contributed by atoms with van der Waals surface area (Å²) in [6.07, 6.45) is 10.4. The van der Waals surface area contributed by atoms with Crippen molar-refractivity contribution in [1.82, 2.24) is 0 Å². The first-order valence-corrected chi connectivity index (χ1v) is 14.7. The van der Waals surface area contributed by atoms with Crippen molar-refractivity contribution in [2.45, 2.75) is 133 Å². The van der Waals surface area contributed by atoms with E-state index in [0.717, 1.165) is 75.7 Å². The highest BCUT2D eigenvalue weighted by Gasteiger charge is 2.61. The zero-order valence-corrected chi connectivity index (χ0v) is 22.5. The summed E-state index contributed by atoms with van der Waals surface area (Å²) in [6, 6.07) is 8.20. The topological polar surface area (TPSA) is 64.6 Å². The first kappa shape index (κ1) is 26.0. The van der Waals surface area contributed by atoms with E-state index >= 15 is 0 Å². The molecule has 0 bridgehead atoms. The average Bonchev–Trinajstić information content (AvgIpc) is 3.55. The number of benzene rings is 1. The van der Waals surface area contributed by atoms with Crippen LogP contribution in [0.15, 0.2) is 24.3 Å². The van der Waals surface area contributed by atoms with Crippen LogP contribution in [-0.2, 0) is 35.0 Å². The van der Waals surface area contributed by atoms with Gasteiger partial charge in [0.1, 0.15) is 30.2 Å². The molecule has 7 heteroatoms. The number of rotatable bonds is 8. The van der Waals surface area contributed by atoms with Gasteiger partial charge in [-0.05, 0) is 55.7 Å². The highest BCUT2D eigenvalue weighted by molar-refractivity contribution is 5.27. The Hall–Kier alpha value is -1.22. The smallest absolute Gasteiger partial charge is 0.190 e. The SMILES string of the molecule is CC(C)CCOc1ccc(CO[C@@H]2[C@H]([C@@H]3COC4(CCCCC4)O3)O[C@@H]3OC4(CCCCC4)O[C@@H]32)cc1. The van der Waals surface area contributed by atoms with E-state index in [1.165, 1.54) is 12.8 Å². The lowest BCUT2D eigenvalue weighted by Crippen LogP contribution is -2.45. The van der Waals surface area contributed by atoms with Gasteiger partial charge in [0, 0.05) is 25.7 Å². The summed E-state index contributed by atoms with van der Waals surface area (Å²) >= 11 is 0. The Bertz CT molecular complexity index is 874. The summed E-state index contributed by atoms with van der Waals surface area (Å²) in [6.45, 7) is 6.15. The summed E-state index contributed by atoms with van der Waals surface area (Å²) in [5, 5.41) is 0. The summed E-state index contributed by atoms with van der Waals surface area (Å²) in [7, 11) is 0. The van der Waals surface area contributed by atoms with Crippen LogP contribution in [0.5, 0.6) is 5.75 Å². The molecule has 2 saturated carbocycles. The van der Waals surface area contributed by atoms with Crippen LogP contribution in [0, 0.1) is 5.92 Å². The van der Waals surface area contributed by atoms with Crippen LogP contribution in [-0.4, -0.2) is 55.5 Å². The molecule has 1 aromatic carbocycles. The van der Waals surface area contributed by atoms with Crippen molar-refractivity contribution in [1.29, 1.82) is 0 Å². The molecular formula is C30H44O7. The molecule has 1 aromatic rings. The fourth-order valence-corrected chi connectivity index (χ4v) is 6.55. The zero-order chi connectivity index (χ0) is 25.3. The van der Waals surface area contributed by atoms with Gasteiger partial charge in [-0.15, -0.1) is 0 Å². The van der Waals surface area contributed by atoms with Crippen molar-refractivity contribution < 1.29 is 33.2 Å². The van der Waals surface area contributed by atoms with Gasteiger partial charge in [-0.2, -0.15) is 0 Å². The molecular weight excluding hydrogens is 472 g/mol. The molecule has 2 aliphatic carbocycles. The molecule has 3 saturated heterocycles. The second-order valence-corrected chi connectivity index (χ2v) is 12.0. The summed E-state index contributed by atoms with van der Waals surface area (Å²) in [5.74, 6) is 0.557. The van der Waals surface area contributed by atoms with Gasteiger partial charge >= 0.3 is 0 Å². The van der Waals surface area contributed by atoms with Gasteiger partial charge in [-0.1, -0.05) is 38.8 Å². The molecule has 0 aromatic heterocycles. The minimum Gasteiger partial charge on any atom is -0.494 e. The second-order valence-electron chi connectivity index (χ2n) is 12.0. The van der Waals surface area contributed by atoms with Crippen molar-refractivity contribution in [3.05, 3.63) is 29.8 Å². The molecule has 0 unspecified atom stereocenters. The van der Waals surface area contributed by atoms with E-state index < -0.39 is 17.9 Å². The standard InChI is InChI=1S/C30H44O7/c1-21(2)13-18-31-23-11-9-22(10-12-23)19-32-26-25(24-20-33-29(35-24)14-5-3-6-15-29)34-28-27(26)36-30(37-28)16-7-4-8-17-30/h9-12,21,24-28H,3-8,13-20H2,1-2H3/t24-,25-,26+,27+,28+/m0/s1. The predicted molar refractivity (Wildman–Crippen MR) is 137 cm³/mol. The van der Waals surface area contributed by atoms with Gasteiger partial charge in [0.15, 0.2) is 17.9 Å². The van der Waals surface area contributed by atoms with Crippen molar-refractivity contribution >= 4 is 0 Å². The van der Waals surface area contributed by atoms with Gasteiger partial charge in [0.25, 0.3) is 0 Å². The number of hydrogen-bond donors (Lipinski definition) is 0. The normalized spacial score (nSPS) is 34.4. The Kier molecular flexibility index (Phi) is 7.81. The quantitative estimate of drug-likeness (QED) is 0.428. The van der Waals surface area contributed by atoms with Crippen LogP contribution in [0.2, 0.25) is 0 Å². The number of ether oxygens (including phenoxy) is 7. The van der Waals surface area contributed by atoms with Crippen LogP contribution in [0.3, 0.4) is 0 Å². The lowest BCUT2D eigenvalue weighted by Gasteiger charge is -2.35. The van der Waals surface area contributed by atoms with Gasteiger partial charge in [0.05, 0.1) is 19.8 Å². The van der Waals surface area contributed by atoms with Crippen molar-refractivity contribution in [2.75, 3.05) is 13.2 Å². The number of hydrogen-bond acceptors (Lipinski definition) is 7. The Labute approximate surface area is 221 Å². The molecule has 3 aliphatic heterocycles. The van der Waals surface area contributed by atoms with E-state index in [9.17, 15) is 0 Å². The Morgan fingerprint density at radius 3 is 2.24 bits per heavy atom. The maximum atomic E-state index is 6.64. The fourth-order valence-electron chi connectivity index (χ4n) is 6.55. The zero-order valence-electron chi connectivity index (χ0n) is 22.5. The molecule has 5 fully saturated rings. The van der Waals surface area contributed by atoms with Gasteiger partial charge in [0.2, 0.25) is 0 Å². The molecule has 206 valence electrons. The minimum atomic E-state index is -0.521. The van der Waals surface area contributed by atoms with Crippen LogP contribution in [0.25, 0.3) is 0 Å². The van der Waals surface area contributed by atoms with E-state index in [1.807, 2.05) is 12.1 Å². The lowest BCUT2D eigenvalue weighted by atomic mass is 9.94. The molecule has 6 rings (SSSR count). The van der Waals surface area contributed by atoms with E-state index in [1.54, 1.807) is 0 Å². The molecule has 0 N–H and O–H groups in total. The van der Waals surface area contributed by atoms with Crippen molar-refractivity contribution in [3.8, 4) is 5.75 Å². The monoisotopic (exact) mass is 516 g/mol. The van der Waals surface area contributed by atoms with Crippen LogP contribution < -0.4 is 4.74 Å². The van der Waals surface area contributed by atoms with Crippen molar-refractivity contribution in [3.63, 3.8) is 0 Å². The summed E-state index contributed by atoms with van der Waals surface area (Å²) in [5.41, 5.74) is 1.09. The molecule has 37 heavy (non-hydrogen) atoms. The van der Waals surface area contributed by atoms with Crippen molar-refractivity contribution in [2.24, 2.45) is 5.92 Å². The third-order valence-electron chi connectivity index (χ3n) is 8.69. The number of fused-ring (bicyclic) bond motifs is 1. The van der Waals surface area contributed by atoms with Crippen LogP contribution in [0.1, 0.15) is 90.0 Å². The van der Waals surface area contributed by atoms with Crippen LogP contribution >= 0.6 is 0 Å².